The Bertz CT molecular complexity index is 1130. The number of phenolic OH excluding ortho intramolecular Hbond substituents is 2. The number of thiocarbonyl (C=S) groups is 1. The fourth-order valence-electron chi connectivity index (χ4n) is 3.65. The molecule has 0 aliphatic carbocycles. The summed E-state index contributed by atoms with van der Waals surface area (Å²) in [7, 11) is 1.59. The highest BCUT2D eigenvalue weighted by molar-refractivity contribution is 7.78. The topological polar surface area (TPSA) is 88.4 Å². The summed E-state index contributed by atoms with van der Waals surface area (Å²) in [6.45, 7) is 0. The Morgan fingerprint density at radius 3 is 2.03 bits per heavy atom. The van der Waals surface area contributed by atoms with E-state index in [0.29, 0.717) is 33.8 Å². The molecular weight excluding hydrogens is 390 g/mol. The summed E-state index contributed by atoms with van der Waals surface area (Å²) in [4.78, 5) is 15.8. The molecule has 0 aromatic heterocycles. The molecule has 5 rings (SSSR count). The standard InChI is InChI=1S/C20H12O5.C2H3NS/c21-11-5-7-15-17(9-11)24-18-10-12(22)6-8-16(18)20(15)14-4-2-1-3-13(14)19(23)25-20;1-3-2-4/h1-10,21-22H;1H3. The molecule has 0 bridgehead atoms. The second kappa shape index (κ2) is 7.05. The second-order valence-electron chi connectivity index (χ2n) is 6.39. The van der Waals surface area contributed by atoms with Crippen LogP contribution in [0.2, 0.25) is 0 Å². The van der Waals surface area contributed by atoms with Gasteiger partial charge < -0.3 is 19.7 Å². The van der Waals surface area contributed by atoms with Crippen LogP contribution in [0.5, 0.6) is 23.0 Å². The summed E-state index contributed by atoms with van der Waals surface area (Å²) in [5.41, 5.74) is 1.28. The van der Waals surface area contributed by atoms with Crippen LogP contribution >= 0.6 is 12.2 Å². The first kappa shape index (κ1) is 18.7. The van der Waals surface area contributed by atoms with E-state index in [1.807, 2.05) is 12.1 Å². The summed E-state index contributed by atoms with van der Waals surface area (Å²) in [5.74, 6) is 0.408. The van der Waals surface area contributed by atoms with Crippen LogP contribution in [0, 0.1) is 0 Å². The number of aromatic hydroxyl groups is 2. The van der Waals surface area contributed by atoms with Gasteiger partial charge in [-0.05, 0) is 42.5 Å². The van der Waals surface area contributed by atoms with Gasteiger partial charge in [-0.25, -0.2) is 9.79 Å². The number of isothiocyanates is 1. The maximum atomic E-state index is 12.5. The van der Waals surface area contributed by atoms with Gasteiger partial charge in [-0.2, -0.15) is 0 Å². The Labute approximate surface area is 171 Å². The van der Waals surface area contributed by atoms with Gasteiger partial charge in [-0.15, -0.1) is 0 Å². The highest BCUT2D eigenvalue weighted by atomic mass is 32.1. The largest absolute Gasteiger partial charge is 0.508 e. The first-order valence-corrected chi connectivity index (χ1v) is 9.05. The van der Waals surface area contributed by atoms with E-state index >= 15 is 0 Å². The van der Waals surface area contributed by atoms with E-state index in [1.54, 1.807) is 31.3 Å². The number of ether oxygens (including phenoxy) is 2. The number of hydrogen-bond donors (Lipinski definition) is 2. The van der Waals surface area contributed by atoms with Crippen LogP contribution in [0.1, 0.15) is 27.0 Å². The number of carbonyl (C=O) groups excluding carboxylic acids is 1. The first-order chi connectivity index (χ1) is 14.0. The third-order valence-corrected chi connectivity index (χ3v) is 4.95. The number of benzene rings is 3. The third kappa shape index (κ3) is 2.84. The molecule has 2 N–H and O–H groups in total. The predicted octanol–water partition coefficient (Wildman–Crippen LogP) is 4.38. The van der Waals surface area contributed by atoms with E-state index in [1.165, 1.54) is 24.3 Å². The summed E-state index contributed by atoms with van der Waals surface area (Å²) in [5, 5.41) is 21.8. The third-order valence-electron chi connectivity index (χ3n) is 4.77. The maximum Gasteiger partial charge on any atom is 0.340 e. The van der Waals surface area contributed by atoms with Gasteiger partial charge in [-0.3, -0.25) is 0 Å². The van der Waals surface area contributed by atoms with Crippen molar-refractivity contribution in [3.63, 3.8) is 0 Å². The average molecular weight is 405 g/mol. The number of aliphatic imine (C=N–C) groups is 1. The molecule has 1 spiro atoms. The molecule has 29 heavy (non-hydrogen) atoms. The molecule has 0 radical (unpaired) electrons. The monoisotopic (exact) mass is 405 g/mol. The average Bonchev–Trinajstić information content (AvgIpc) is 3.01. The summed E-state index contributed by atoms with van der Waals surface area (Å²) in [6, 6.07) is 16.6. The summed E-state index contributed by atoms with van der Waals surface area (Å²) >= 11 is 4.14. The summed E-state index contributed by atoms with van der Waals surface area (Å²) < 4.78 is 11.8. The molecule has 0 unspecified atom stereocenters. The van der Waals surface area contributed by atoms with Crippen LogP contribution in [-0.2, 0) is 10.3 Å². The Hall–Kier alpha value is -3.67. The molecule has 7 heteroatoms. The molecule has 0 atom stereocenters. The van der Waals surface area contributed by atoms with Crippen LogP contribution in [0.15, 0.2) is 65.7 Å². The molecule has 0 fully saturated rings. The van der Waals surface area contributed by atoms with Gasteiger partial charge in [0.15, 0.2) is 5.60 Å². The molecule has 2 aliphatic heterocycles. The molecule has 0 saturated heterocycles. The lowest BCUT2D eigenvalue weighted by Gasteiger charge is -2.36. The van der Waals surface area contributed by atoms with Gasteiger partial charge in [0.1, 0.15) is 23.0 Å². The van der Waals surface area contributed by atoms with E-state index in [2.05, 4.69) is 22.4 Å². The van der Waals surface area contributed by atoms with E-state index < -0.39 is 11.6 Å². The van der Waals surface area contributed by atoms with Crippen LogP contribution < -0.4 is 4.74 Å². The van der Waals surface area contributed by atoms with Gasteiger partial charge >= 0.3 is 5.97 Å². The fraction of sp³-hybridized carbons (Fsp3) is 0.0909. The van der Waals surface area contributed by atoms with Crippen molar-refractivity contribution in [2.45, 2.75) is 5.60 Å². The van der Waals surface area contributed by atoms with Crippen molar-refractivity contribution in [2.24, 2.45) is 4.99 Å². The number of carbonyl (C=O) groups is 1. The first-order valence-electron chi connectivity index (χ1n) is 8.65. The number of rotatable bonds is 0. The van der Waals surface area contributed by atoms with E-state index in [9.17, 15) is 15.0 Å². The zero-order chi connectivity index (χ0) is 20.6. The normalized spacial score (nSPS) is 14.2. The molecule has 6 nitrogen and oxygen atoms in total. The minimum absolute atomic E-state index is 0.0371. The Balaban J connectivity index is 0.000000472. The molecule has 2 aliphatic rings. The van der Waals surface area contributed by atoms with E-state index in [-0.39, 0.29) is 11.5 Å². The number of nitrogens with zero attached hydrogens (tertiary/aromatic N) is 1. The minimum Gasteiger partial charge on any atom is -0.508 e. The van der Waals surface area contributed by atoms with Crippen molar-refractivity contribution in [2.75, 3.05) is 7.05 Å². The fourth-order valence-corrected chi connectivity index (χ4v) is 3.65. The molecule has 0 amide bonds. The van der Waals surface area contributed by atoms with Gasteiger partial charge in [0.2, 0.25) is 0 Å². The quantitative estimate of drug-likeness (QED) is 0.328. The SMILES string of the molecule is CN=C=S.O=C1OC2(c3ccc(O)cc3Oc3cc(O)ccc32)c2ccccc21. The lowest BCUT2D eigenvalue weighted by molar-refractivity contribution is 0.0224. The van der Waals surface area contributed by atoms with Crippen molar-refractivity contribution in [3.05, 3.63) is 82.9 Å². The summed E-state index contributed by atoms with van der Waals surface area (Å²) in [6.07, 6.45) is 0. The van der Waals surface area contributed by atoms with Crippen molar-refractivity contribution >= 4 is 23.3 Å². The van der Waals surface area contributed by atoms with Gasteiger partial charge in [0.05, 0.1) is 10.7 Å². The molecule has 0 saturated carbocycles. The predicted molar refractivity (Wildman–Crippen MR) is 109 cm³/mol. The number of fused-ring (bicyclic) bond motifs is 6. The van der Waals surface area contributed by atoms with Crippen molar-refractivity contribution in [1.82, 2.24) is 0 Å². The van der Waals surface area contributed by atoms with E-state index in [0.717, 1.165) is 0 Å². The lowest BCUT2D eigenvalue weighted by Crippen LogP contribution is -2.32. The highest BCUT2D eigenvalue weighted by Crippen LogP contribution is 2.56. The number of hydrogen-bond acceptors (Lipinski definition) is 7. The highest BCUT2D eigenvalue weighted by Gasteiger charge is 2.53. The number of esters is 1. The smallest absolute Gasteiger partial charge is 0.340 e. The Morgan fingerprint density at radius 2 is 1.48 bits per heavy atom. The zero-order valence-electron chi connectivity index (χ0n) is 15.2. The second-order valence-corrected chi connectivity index (χ2v) is 6.58. The van der Waals surface area contributed by atoms with Gasteiger partial charge in [0, 0.05) is 35.9 Å². The lowest BCUT2D eigenvalue weighted by atomic mass is 9.77. The molecule has 2 heterocycles. The van der Waals surface area contributed by atoms with Crippen LogP contribution in [-0.4, -0.2) is 28.4 Å². The van der Waals surface area contributed by atoms with E-state index in [4.69, 9.17) is 9.47 Å². The molecule has 3 aromatic carbocycles. The minimum atomic E-state index is -1.17. The Morgan fingerprint density at radius 1 is 0.931 bits per heavy atom. The van der Waals surface area contributed by atoms with Crippen LogP contribution in [0.4, 0.5) is 0 Å². The zero-order valence-corrected chi connectivity index (χ0v) is 16.1. The van der Waals surface area contributed by atoms with Crippen molar-refractivity contribution in [1.29, 1.82) is 0 Å². The molecular formula is C22H15NO5S. The molecule has 144 valence electrons. The van der Waals surface area contributed by atoms with Crippen molar-refractivity contribution < 1.29 is 24.5 Å². The Kier molecular flexibility index (Phi) is 4.54. The van der Waals surface area contributed by atoms with Gasteiger partial charge in [-0.1, -0.05) is 18.2 Å². The molecule has 3 aromatic rings. The van der Waals surface area contributed by atoms with Crippen LogP contribution in [0.3, 0.4) is 0 Å². The maximum absolute atomic E-state index is 12.5. The number of phenols is 2. The van der Waals surface area contributed by atoms with Gasteiger partial charge in [0.25, 0.3) is 0 Å². The van der Waals surface area contributed by atoms with Crippen molar-refractivity contribution in [3.8, 4) is 23.0 Å². The van der Waals surface area contributed by atoms with Crippen LogP contribution in [0.25, 0.3) is 0 Å².